The van der Waals surface area contributed by atoms with Crippen molar-refractivity contribution >= 4 is 5.91 Å². The van der Waals surface area contributed by atoms with E-state index in [1.165, 1.54) is 4.90 Å². The first-order chi connectivity index (χ1) is 8.04. The van der Waals surface area contributed by atoms with Crippen molar-refractivity contribution in [2.45, 2.75) is 37.3 Å². The number of carbonyl (C=O) groups is 1. The normalized spacial score (nSPS) is 24.4. The van der Waals surface area contributed by atoms with Gasteiger partial charge in [-0.25, -0.2) is 0 Å². The number of hydrogen-bond donors (Lipinski definition) is 0. The van der Waals surface area contributed by atoms with Gasteiger partial charge in [0.05, 0.1) is 0 Å². The average molecular weight is 237 g/mol. The number of amides is 1. The van der Waals surface area contributed by atoms with Gasteiger partial charge in [0.2, 0.25) is 0 Å². The van der Waals surface area contributed by atoms with Gasteiger partial charge in [-0.3, -0.25) is 4.79 Å². The second kappa shape index (κ2) is 3.28. The topological polar surface area (TPSA) is 20.3 Å². The summed E-state index contributed by atoms with van der Waals surface area (Å²) in [6.45, 7) is 0.301. The zero-order valence-corrected chi connectivity index (χ0v) is 9.33. The van der Waals surface area contributed by atoms with Crippen LogP contribution in [0.4, 0.5) is 8.78 Å². The molecule has 4 heteroatoms. The smallest absolute Gasteiger partial charge is 0.327 e. The molecule has 1 saturated heterocycles. The Bertz CT molecular complexity index is 454. The number of halogens is 2. The molecule has 0 atom stereocenters. The maximum atomic E-state index is 13.4. The highest BCUT2D eigenvalue weighted by molar-refractivity contribution is 5.87. The van der Waals surface area contributed by atoms with Gasteiger partial charge in [-0.2, -0.15) is 8.78 Å². The van der Waals surface area contributed by atoms with E-state index < -0.39 is 17.4 Å². The minimum Gasteiger partial charge on any atom is -0.327 e. The molecular formula is C13H13F2NO. The first-order valence-electron chi connectivity index (χ1n) is 5.77. The quantitative estimate of drug-likeness (QED) is 0.774. The molecule has 3 rings (SSSR count). The van der Waals surface area contributed by atoms with Crippen molar-refractivity contribution in [2.24, 2.45) is 0 Å². The number of alkyl halides is 2. The molecule has 2 fully saturated rings. The SMILES string of the molecule is O=C1N(Cc2ccccc2)C2(CC2)CC1(F)F. The fraction of sp³-hybridized carbons (Fsp3) is 0.462. The van der Waals surface area contributed by atoms with Crippen LogP contribution in [0.1, 0.15) is 24.8 Å². The van der Waals surface area contributed by atoms with Crippen molar-refractivity contribution in [1.29, 1.82) is 0 Å². The van der Waals surface area contributed by atoms with Crippen molar-refractivity contribution in [2.75, 3.05) is 0 Å². The van der Waals surface area contributed by atoms with Gasteiger partial charge in [0, 0.05) is 18.5 Å². The first kappa shape index (κ1) is 10.7. The molecule has 0 N–H and O–H groups in total. The Hall–Kier alpha value is -1.45. The summed E-state index contributed by atoms with van der Waals surface area (Å²) >= 11 is 0. The van der Waals surface area contributed by atoms with Gasteiger partial charge in [0.15, 0.2) is 0 Å². The fourth-order valence-corrected chi connectivity index (χ4v) is 2.59. The van der Waals surface area contributed by atoms with Crippen LogP contribution < -0.4 is 0 Å². The molecule has 1 aliphatic carbocycles. The lowest BCUT2D eigenvalue weighted by molar-refractivity contribution is -0.148. The molecule has 1 amide bonds. The van der Waals surface area contributed by atoms with Crippen molar-refractivity contribution in [1.82, 2.24) is 4.90 Å². The molecule has 0 aromatic heterocycles. The van der Waals surface area contributed by atoms with Gasteiger partial charge in [-0.1, -0.05) is 30.3 Å². The molecule has 17 heavy (non-hydrogen) atoms. The van der Waals surface area contributed by atoms with Gasteiger partial charge >= 0.3 is 5.92 Å². The molecular weight excluding hydrogens is 224 g/mol. The molecule has 0 radical (unpaired) electrons. The Morgan fingerprint density at radius 2 is 1.82 bits per heavy atom. The van der Waals surface area contributed by atoms with E-state index in [2.05, 4.69) is 0 Å². The third-order valence-electron chi connectivity index (χ3n) is 3.69. The molecule has 1 aliphatic heterocycles. The lowest BCUT2D eigenvalue weighted by Crippen LogP contribution is -2.36. The Balaban J connectivity index is 1.86. The summed E-state index contributed by atoms with van der Waals surface area (Å²) in [5.41, 5.74) is 0.362. The zero-order chi connectivity index (χ0) is 12.1. The number of likely N-dealkylation sites (tertiary alicyclic amines) is 1. The largest absolute Gasteiger partial charge is 0.327 e. The number of benzene rings is 1. The van der Waals surface area contributed by atoms with Crippen molar-refractivity contribution < 1.29 is 13.6 Å². The second-order valence-electron chi connectivity index (χ2n) is 4.98. The molecule has 0 bridgehead atoms. The van der Waals surface area contributed by atoms with E-state index in [4.69, 9.17) is 0 Å². The molecule has 90 valence electrons. The highest BCUT2D eigenvalue weighted by atomic mass is 19.3. The first-order valence-corrected chi connectivity index (χ1v) is 5.77. The van der Waals surface area contributed by atoms with Crippen LogP contribution in [-0.4, -0.2) is 22.3 Å². The zero-order valence-electron chi connectivity index (χ0n) is 9.33. The van der Waals surface area contributed by atoms with E-state index in [0.29, 0.717) is 19.4 Å². The highest BCUT2D eigenvalue weighted by Gasteiger charge is 2.66. The molecule has 1 aromatic carbocycles. The van der Waals surface area contributed by atoms with E-state index in [0.717, 1.165) is 5.56 Å². The molecule has 0 unspecified atom stereocenters. The van der Waals surface area contributed by atoms with Crippen LogP contribution in [0.5, 0.6) is 0 Å². The molecule has 2 nitrogen and oxygen atoms in total. The number of rotatable bonds is 2. The maximum absolute atomic E-state index is 13.4. The predicted octanol–water partition coefficient (Wildman–Crippen LogP) is 2.59. The summed E-state index contributed by atoms with van der Waals surface area (Å²) in [7, 11) is 0. The second-order valence-corrected chi connectivity index (χ2v) is 4.98. The summed E-state index contributed by atoms with van der Waals surface area (Å²) in [4.78, 5) is 13.0. The van der Waals surface area contributed by atoms with Crippen LogP contribution in [0, 0.1) is 0 Å². The summed E-state index contributed by atoms with van der Waals surface area (Å²) < 4.78 is 26.9. The van der Waals surface area contributed by atoms with Crippen molar-refractivity contribution in [3.8, 4) is 0 Å². The average Bonchev–Trinajstić information content (AvgIpc) is 3.03. The summed E-state index contributed by atoms with van der Waals surface area (Å²) in [5, 5.41) is 0. The molecule has 1 saturated carbocycles. The predicted molar refractivity (Wildman–Crippen MR) is 58.5 cm³/mol. The van der Waals surface area contributed by atoms with E-state index in [-0.39, 0.29) is 6.42 Å². The van der Waals surface area contributed by atoms with E-state index in [9.17, 15) is 13.6 Å². The molecule has 1 spiro atoms. The molecule has 1 heterocycles. The van der Waals surface area contributed by atoms with Gasteiger partial charge in [-0.05, 0) is 18.4 Å². The van der Waals surface area contributed by atoms with Crippen molar-refractivity contribution in [3.05, 3.63) is 35.9 Å². The lowest BCUT2D eigenvalue weighted by Gasteiger charge is -2.23. The maximum Gasteiger partial charge on any atom is 0.327 e. The minimum atomic E-state index is -3.16. The summed E-state index contributed by atoms with van der Waals surface area (Å²) in [5.74, 6) is -4.16. The Morgan fingerprint density at radius 1 is 1.18 bits per heavy atom. The summed E-state index contributed by atoms with van der Waals surface area (Å²) in [6.07, 6.45) is 1.12. The van der Waals surface area contributed by atoms with E-state index >= 15 is 0 Å². The van der Waals surface area contributed by atoms with Crippen LogP contribution in [-0.2, 0) is 11.3 Å². The Morgan fingerprint density at radius 3 is 2.41 bits per heavy atom. The van der Waals surface area contributed by atoms with Crippen LogP contribution in [0.25, 0.3) is 0 Å². The van der Waals surface area contributed by atoms with Crippen LogP contribution >= 0.6 is 0 Å². The minimum absolute atomic E-state index is 0.300. The fourth-order valence-electron chi connectivity index (χ4n) is 2.59. The number of carbonyl (C=O) groups excluding carboxylic acids is 1. The van der Waals surface area contributed by atoms with Gasteiger partial charge < -0.3 is 4.90 Å². The standard InChI is InChI=1S/C13H13F2NO/c14-13(15)9-12(6-7-12)16(11(13)17)8-10-4-2-1-3-5-10/h1-5H,6-9H2. The van der Waals surface area contributed by atoms with Gasteiger partial charge in [0.1, 0.15) is 0 Å². The van der Waals surface area contributed by atoms with Gasteiger partial charge in [0.25, 0.3) is 5.91 Å². The number of nitrogens with zero attached hydrogens (tertiary/aromatic N) is 1. The highest BCUT2D eigenvalue weighted by Crippen LogP contribution is 2.55. The molecule has 1 aromatic rings. The summed E-state index contributed by atoms with van der Waals surface area (Å²) in [6, 6.07) is 9.30. The van der Waals surface area contributed by atoms with E-state index in [1.54, 1.807) is 0 Å². The van der Waals surface area contributed by atoms with Gasteiger partial charge in [-0.15, -0.1) is 0 Å². The number of hydrogen-bond acceptors (Lipinski definition) is 1. The van der Waals surface area contributed by atoms with Crippen molar-refractivity contribution in [3.63, 3.8) is 0 Å². The lowest BCUT2D eigenvalue weighted by atomic mass is 10.1. The Kier molecular flexibility index (Phi) is 2.06. The van der Waals surface area contributed by atoms with Crippen LogP contribution in [0.15, 0.2) is 30.3 Å². The monoisotopic (exact) mass is 237 g/mol. The van der Waals surface area contributed by atoms with Crippen LogP contribution in [0.2, 0.25) is 0 Å². The molecule has 2 aliphatic rings. The third-order valence-corrected chi connectivity index (χ3v) is 3.69. The Labute approximate surface area is 98.2 Å². The van der Waals surface area contributed by atoms with Crippen LogP contribution in [0.3, 0.4) is 0 Å². The third kappa shape index (κ3) is 1.63. The van der Waals surface area contributed by atoms with E-state index in [1.807, 2.05) is 30.3 Å².